The Balaban J connectivity index is 1.36. The number of amides is 1. The third kappa shape index (κ3) is 2.88. The molecule has 1 amide bonds. The van der Waals surface area contributed by atoms with Crippen molar-refractivity contribution in [3.8, 4) is 11.5 Å². The molecule has 2 aromatic rings. The van der Waals surface area contributed by atoms with E-state index in [1.807, 2.05) is 29.9 Å². The van der Waals surface area contributed by atoms with E-state index in [-0.39, 0.29) is 12.5 Å². The third-order valence-corrected chi connectivity index (χ3v) is 4.21. The summed E-state index contributed by atoms with van der Waals surface area (Å²) in [7, 11) is 1.95. The number of benzene rings is 1. The number of aryl methyl sites for hydroxylation is 1. The van der Waals surface area contributed by atoms with E-state index < -0.39 is 6.10 Å². The van der Waals surface area contributed by atoms with Gasteiger partial charge in [0, 0.05) is 18.7 Å². The summed E-state index contributed by atoms with van der Waals surface area (Å²) in [5, 5.41) is 7.33. The summed E-state index contributed by atoms with van der Waals surface area (Å²) in [6.45, 7) is 0.624. The minimum absolute atomic E-state index is 0.182. The summed E-state index contributed by atoms with van der Waals surface area (Å²) < 4.78 is 13.2. The van der Waals surface area contributed by atoms with E-state index in [0.717, 1.165) is 5.69 Å². The molecule has 1 aromatic carbocycles. The normalized spacial score (nSPS) is 19.4. The molecule has 2 aliphatic rings. The number of carbonyl (C=O) groups is 1. The van der Waals surface area contributed by atoms with Crippen LogP contribution >= 0.6 is 0 Å². The zero-order valence-corrected chi connectivity index (χ0v) is 13.0. The van der Waals surface area contributed by atoms with E-state index in [1.165, 1.54) is 18.5 Å². The first kappa shape index (κ1) is 14.1. The van der Waals surface area contributed by atoms with Crippen LogP contribution in [-0.2, 0) is 18.4 Å². The maximum absolute atomic E-state index is 12.3. The quantitative estimate of drug-likeness (QED) is 0.934. The Labute approximate surface area is 134 Å². The zero-order chi connectivity index (χ0) is 15.8. The molecular formula is C17H19N3O3. The van der Waals surface area contributed by atoms with Crippen LogP contribution in [0.3, 0.4) is 0 Å². The second kappa shape index (κ2) is 5.61. The largest absolute Gasteiger partial charge is 0.485 e. The highest BCUT2D eigenvalue weighted by Gasteiger charge is 2.29. The minimum Gasteiger partial charge on any atom is -0.485 e. The number of hydrogen-bond donors (Lipinski definition) is 1. The lowest BCUT2D eigenvalue weighted by molar-refractivity contribution is -0.130. The summed E-state index contributed by atoms with van der Waals surface area (Å²) in [6.07, 6.45) is 1.84. The van der Waals surface area contributed by atoms with Gasteiger partial charge in [0.25, 0.3) is 5.91 Å². The molecule has 0 bridgehead atoms. The molecule has 4 rings (SSSR count). The van der Waals surface area contributed by atoms with Crippen LogP contribution < -0.4 is 14.8 Å². The first-order valence-corrected chi connectivity index (χ1v) is 7.90. The van der Waals surface area contributed by atoms with Crippen LogP contribution in [0.2, 0.25) is 0 Å². The van der Waals surface area contributed by atoms with Gasteiger partial charge in [0.15, 0.2) is 11.5 Å². The highest BCUT2D eigenvalue weighted by Crippen LogP contribution is 2.39. The molecule has 2 heterocycles. The number of para-hydroxylation sites is 2. The minimum atomic E-state index is -0.628. The molecule has 1 atom stereocenters. The standard InChI is InChI=1S/C17H19N3O3/c1-20-13(11-6-7-11)8-12(19-20)9-18-17(21)16-10-22-14-4-2-3-5-15(14)23-16/h2-5,8,11,16H,6-7,9-10H2,1H3,(H,18,21). The van der Waals surface area contributed by atoms with Gasteiger partial charge < -0.3 is 14.8 Å². The van der Waals surface area contributed by atoms with Crippen LogP contribution in [0.4, 0.5) is 0 Å². The van der Waals surface area contributed by atoms with Gasteiger partial charge in [0.2, 0.25) is 6.10 Å². The first-order valence-electron chi connectivity index (χ1n) is 7.90. The van der Waals surface area contributed by atoms with Crippen LogP contribution in [-0.4, -0.2) is 28.4 Å². The van der Waals surface area contributed by atoms with Crippen molar-refractivity contribution in [1.82, 2.24) is 15.1 Å². The molecule has 6 heteroatoms. The second-order valence-corrected chi connectivity index (χ2v) is 6.04. The van der Waals surface area contributed by atoms with Crippen molar-refractivity contribution in [2.45, 2.75) is 31.4 Å². The molecule has 1 N–H and O–H groups in total. The van der Waals surface area contributed by atoms with Crippen LogP contribution in [0.15, 0.2) is 30.3 Å². The fourth-order valence-corrected chi connectivity index (χ4v) is 2.83. The predicted octanol–water partition coefficient (Wildman–Crippen LogP) is 1.75. The average molecular weight is 313 g/mol. The van der Waals surface area contributed by atoms with Crippen molar-refractivity contribution < 1.29 is 14.3 Å². The van der Waals surface area contributed by atoms with Crippen molar-refractivity contribution in [2.75, 3.05) is 6.61 Å². The smallest absolute Gasteiger partial charge is 0.265 e. The number of nitrogens with zero attached hydrogens (tertiary/aromatic N) is 2. The Kier molecular flexibility index (Phi) is 3.44. The number of nitrogens with one attached hydrogen (secondary N) is 1. The van der Waals surface area contributed by atoms with Crippen molar-refractivity contribution in [3.05, 3.63) is 41.7 Å². The fourth-order valence-electron chi connectivity index (χ4n) is 2.83. The summed E-state index contributed by atoms with van der Waals surface area (Å²) in [5.41, 5.74) is 2.13. The van der Waals surface area contributed by atoms with Crippen molar-refractivity contribution >= 4 is 5.91 Å². The monoisotopic (exact) mass is 313 g/mol. The highest BCUT2D eigenvalue weighted by molar-refractivity contribution is 5.81. The highest BCUT2D eigenvalue weighted by atomic mass is 16.6. The number of aromatic nitrogens is 2. The molecule has 1 unspecified atom stereocenters. The van der Waals surface area contributed by atoms with Crippen molar-refractivity contribution in [3.63, 3.8) is 0 Å². The Morgan fingerprint density at radius 2 is 2.13 bits per heavy atom. The number of hydrogen-bond acceptors (Lipinski definition) is 4. The fraction of sp³-hybridized carbons (Fsp3) is 0.412. The SMILES string of the molecule is Cn1nc(CNC(=O)C2COc3ccccc3O2)cc1C1CC1. The zero-order valence-electron chi connectivity index (χ0n) is 13.0. The predicted molar refractivity (Wildman–Crippen MR) is 83.4 cm³/mol. The van der Waals surface area contributed by atoms with E-state index in [1.54, 1.807) is 6.07 Å². The van der Waals surface area contributed by atoms with Crippen molar-refractivity contribution in [1.29, 1.82) is 0 Å². The summed E-state index contributed by atoms with van der Waals surface area (Å²) in [6, 6.07) is 9.44. The number of fused-ring (bicyclic) bond motifs is 1. The lowest BCUT2D eigenvalue weighted by atomic mass is 10.2. The van der Waals surface area contributed by atoms with Gasteiger partial charge in [-0.05, 0) is 31.0 Å². The Hall–Kier alpha value is -2.50. The van der Waals surface area contributed by atoms with Crippen molar-refractivity contribution in [2.24, 2.45) is 7.05 Å². The van der Waals surface area contributed by atoms with Crippen LogP contribution in [0.1, 0.15) is 30.1 Å². The number of carbonyl (C=O) groups excluding carboxylic acids is 1. The average Bonchev–Trinajstić information content (AvgIpc) is 3.35. The van der Waals surface area contributed by atoms with E-state index in [0.29, 0.717) is 24.0 Å². The van der Waals surface area contributed by atoms with Gasteiger partial charge in [-0.1, -0.05) is 12.1 Å². The summed E-state index contributed by atoms with van der Waals surface area (Å²) in [4.78, 5) is 12.3. The van der Waals surface area contributed by atoms with Gasteiger partial charge in [-0.25, -0.2) is 0 Å². The van der Waals surface area contributed by atoms with Gasteiger partial charge in [0.1, 0.15) is 6.61 Å². The van der Waals surface area contributed by atoms with Gasteiger partial charge in [-0.15, -0.1) is 0 Å². The van der Waals surface area contributed by atoms with E-state index in [2.05, 4.69) is 16.5 Å². The van der Waals surface area contributed by atoms with E-state index in [4.69, 9.17) is 9.47 Å². The van der Waals surface area contributed by atoms with Gasteiger partial charge in [-0.2, -0.15) is 5.10 Å². The molecule has 120 valence electrons. The first-order chi connectivity index (χ1) is 11.2. The molecule has 0 saturated heterocycles. The molecule has 0 radical (unpaired) electrons. The molecular weight excluding hydrogens is 294 g/mol. The molecule has 0 spiro atoms. The topological polar surface area (TPSA) is 65.4 Å². The Morgan fingerprint density at radius 3 is 2.91 bits per heavy atom. The van der Waals surface area contributed by atoms with Gasteiger partial charge in [0.05, 0.1) is 12.2 Å². The Bertz CT molecular complexity index is 736. The molecule has 1 saturated carbocycles. The second-order valence-electron chi connectivity index (χ2n) is 6.04. The van der Waals surface area contributed by atoms with Crippen LogP contribution in [0, 0.1) is 0 Å². The maximum atomic E-state index is 12.3. The summed E-state index contributed by atoms with van der Waals surface area (Å²) >= 11 is 0. The molecule has 6 nitrogen and oxygen atoms in total. The number of ether oxygens (including phenoxy) is 2. The van der Waals surface area contributed by atoms with Crippen LogP contribution in [0.5, 0.6) is 11.5 Å². The third-order valence-electron chi connectivity index (χ3n) is 4.21. The van der Waals surface area contributed by atoms with E-state index >= 15 is 0 Å². The molecule has 1 fully saturated rings. The molecule has 1 aliphatic heterocycles. The lowest BCUT2D eigenvalue weighted by Crippen LogP contribution is -2.43. The summed E-state index contributed by atoms with van der Waals surface area (Å²) in [5.74, 6) is 1.74. The number of rotatable bonds is 4. The van der Waals surface area contributed by atoms with Gasteiger partial charge >= 0.3 is 0 Å². The maximum Gasteiger partial charge on any atom is 0.265 e. The Morgan fingerprint density at radius 1 is 1.35 bits per heavy atom. The van der Waals surface area contributed by atoms with Gasteiger partial charge in [-0.3, -0.25) is 9.48 Å². The molecule has 1 aromatic heterocycles. The molecule has 23 heavy (non-hydrogen) atoms. The molecule has 1 aliphatic carbocycles. The lowest BCUT2D eigenvalue weighted by Gasteiger charge is -2.25. The van der Waals surface area contributed by atoms with Crippen LogP contribution in [0.25, 0.3) is 0 Å². The van der Waals surface area contributed by atoms with E-state index in [9.17, 15) is 4.79 Å².